The maximum Gasteiger partial charge on any atom is 0.264 e. The van der Waals surface area contributed by atoms with Crippen LogP contribution in [0.5, 0.6) is 0 Å². The molecule has 1 N–H and O–H groups in total. The summed E-state index contributed by atoms with van der Waals surface area (Å²) in [4.78, 5) is 30.2. The first-order chi connectivity index (χ1) is 22.5. The van der Waals surface area contributed by atoms with E-state index in [1.54, 1.807) is 54.6 Å². The number of hydrogen-bond donors (Lipinski definition) is 1. The minimum absolute atomic E-state index is 0.00401. The second kappa shape index (κ2) is 15.6. The number of benzene rings is 4. The number of carbonyl (C=O) groups is 2. The number of halogens is 3. The number of sulfonamides is 1. The van der Waals surface area contributed by atoms with Crippen molar-refractivity contribution < 1.29 is 18.0 Å². The highest BCUT2D eigenvalue weighted by Gasteiger charge is 2.36. The van der Waals surface area contributed by atoms with E-state index in [-0.39, 0.29) is 35.5 Å². The highest BCUT2D eigenvalue weighted by molar-refractivity contribution is 7.92. The van der Waals surface area contributed by atoms with Crippen molar-refractivity contribution in [1.82, 2.24) is 10.2 Å². The van der Waals surface area contributed by atoms with Crippen molar-refractivity contribution in [2.45, 2.75) is 62.6 Å². The lowest BCUT2D eigenvalue weighted by atomic mass is 10.0. The molecule has 4 aromatic rings. The molecule has 0 aromatic heterocycles. The molecule has 1 fully saturated rings. The van der Waals surface area contributed by atoms with E-state index >= 15 is 0 Å². The molecule has 1 aliphatic carbocycles. The van der Waals surface area contributed by atoms with Gasteiger partial charge in [0.1, 0.15) is 12.6 Å². The summed E-state index contributed by atoms with van der Waals surface area (Å²) < 4.78 is 29.4. The SMILES string of the molecule is Cc1ccc(S(=O)(=O)N(CC(=O)N(Cc2ccc(Cl)cc2Cl)C(Cc2ccccc2)C(=O)NC2CCCC2)c2ccc(Cl)cc2)cc1. The molecule has 1 atom stereocenters. The van der Waals surface area contributed by atoms with Crippen LogP contribution in [0.15, 0.2) is 102 Å². The topological polar surface area (TPSA) is 86.8 Å². The smallest absolute Gasteiger partial charge is 0.264 e. The Kier molecular flexibility index (Phi) is 11.5. The molecular formula is C36H36Cl3N3O4S. The highest BCUT2D eigenvalue weighted by atomic mass is 35.5. The molecule has 11 heteroatoms. The average molecular weight is 713 g/mol. The Hall–Kier alpha value is -3.56. The number of nitrogens with zero attached hydrogens (tertiary/aromatic N) is 2. The van der Waals surface area contributed by atoms with Crippen molar-refractivity contribution in [3.63, 3.8) is 0 Å². The van der Waals surface area contributed by atoms with Gasteiger partial charge in [0.05, 0.1) is 10.6 Å². The number of anilines is 1. The van der Waals surface area contributed by atoms with Gasteiger partial charge in [-0.05, 0) is 79.4 Å². The van der Waals surface area contributed by atoms with Gasteiger partial charge in [0.15, 0.2) is 0 Å². The molecule has 246 valence electrons. The zero-order chi connectivity index (χ0) is 33.6. The van der Waals surface area contributed by atoms with Gasteiger partial charge in [-0.25, -0.2) is 8.42 Å². The first-order valence-corrected chi connectivity index (χ1v) is 18.0. The summed E-state index contributed by atoms with van der Waals surface area (Å²) in [6.07, 6.45) is 3.97. The first kappa shape index (κ1) is 34.8. The fourth-order valence-electron chi connectivity index (χ4n) is 5.73. The van der Waals surface area contributed by atoms with Crippen LogP contribution in [0.3, 0.4) is 0 Å². The second-order valence-electron chi connectivity index (χ2n) is 11.8. The maximum absolute atomic E-state index is 14.6. The molecule has 4 aromatic carbocycles. The second-order valence-corrected chi connectivity index (χ2v) is 14.9. The van der Waals surface area contributed by atoms with Crippen molar-refractivity contribution in [1.29, 1.82) is 0 Å². The number of amides is 2. The van der Waals surface area contributed by atoms with Crippen LogP contribution in [-0.2, 0) is 32.6 Å². The first-order valence-electron chi connectivity index (χ1n) is 15.4. The molecular weight excluding hydrogens is 677 g/mol. The third kappa shape index (κ3) is 8.87. The molecule has 1 saturated carbocycles. The van der Waals surface area contributed by atoms with Crippen LogP contribution in [0.4, 0.5) is 5.69 Å². The number of carbonyl (C=O) groups excluding carboxylic acids is 2. The highest BCUT2D eigenvalue weighted by Crippen LogP contribution is 2.28. The summed E-state index contributed by atoms with van der Waals surface area (Å²) in [5.74, 6) is -0.886. The van der Waals surface area contributed by atoms with Crippen molar-refractivity contribution in [3.05, 3.63) is 129 Å². The van der Waals surface area contributed by atoms with Crippen LogP contribution in [-0.4, -0.2) is 43.8 Å². The van der Waals surface area contributed by atoms with Crippen LogP contribution in [0, 0.1) is 6.92 Å². The molecule has 0 spiro atoms. The summed E-state index contributed by atoms with van der Waals surface area (Å²) in [5, 5.41) is 4.33. The zero-order valence-corrected chi connectivity index (χ0v) is 29.0. The van der Waals surface area contributed by atoms with E-state index in [9.17, 15) is 18.0 Å². The summed E-state index contributed by atoms with van der Waals surface area (Å²) in [7, 11) is -4.22. The normalized spacial score (nSPS) is 14.0. The molecule has 0 radical (unpaired) electrons. The standard InChI is InChI=1S/C36H36Cl3N3O4S/c1-25-11-19-32(20-12-25)47(45,46)42(31-17-15-28(37)16-18-31)24-35(43)41(23-27-13-14-29(38)22-33(27)39)34(21-26-7-3-2-4-8-26)36(44)40-30-9-5-6-10-30/h2-4,7-8,11-20,22,30,34H,5-6,9-10,21,23-24H2,1H3,(H,40,44). The van der Waals surface area contributed by atoms with Gasteiger partial charge in [-0.1, -0.05) is 102 Å². The van der Waals surface area contributed by atoms with Crippen LogP contribution in [0.1, 0.15) is 42.4 Å². The van der Waals surface area contributed by atoms with Gasteiger partial charge in [-0.15, -0.1) is 0 Å². The molecule has 0 heterocycles. The molecule has 47 heavy (non-hydrogen) atoms. The van der Waals surface area contributed by atoms with Crippen molar-refractivity contribution in [2.75, 3.05) is 10.8 Å². The molecule has 1 aliphatic rings. The van der Waals surface area contributed by atoms with Crippen LogP contribution in [0.25, 0.3) is 0 Å². The van der Waals surface area contributed by atoms with E-state index in [1.165, 1.54) is 17.0 Å². The minimum atomic E-state index is -4.22. The van der Waals surface area contributed by atoms with Crippen molar-refractivity contribution in [2.24, 2.45) is 0 Å². The van der Waals surface area contributed by atoms with Gasteiger partial charge in [0, 0.05) is 34.1 Å². The Morgan fingerprint density at radius 2 is 1.49 bits per heavy atom. The third-order valence-corrected chi connectivity index (χ3v) is 11.0. The predicted octanol–water partition coefficient (Wildman–Crippen LogP) is 7.85. The zero-order valence-electron chi connectivity index (χ0n) is 25.9. The Labute approximate surface area is 291 Å². The van der Waals surface area contributed by atoms with Crippen LogP contribution >= 0.6 is 34.8 Å². The van der Waals surface area contributed by atoms with Gasteiger partial charge < -0.3 is 10.2 Å². The van der Waals surface area contributed by atoms with Crippen LogP contribution < -0.4 is 9.62 Å². The molecule has 0 aliphatic heterocycles. The summed E-state index contributed by atoms with van der Waals surface area (Å²) in [6.45, 7) is 1.23. The van der Waals surface area contributed by atoms with Gasteiger partial charge in [0.25, 0.3) is 10.0 Å². The van der Waals surface area contributed by atoms with Crippen LogP contribution in [0.2, 0.25) is 15.1 Å². The lowest BCUT2D eigenvalue weighted by molar-refractivity contribution is -0.140. The van der Waals surface area contributed by atoms with E-state index < -0.39 is 28.5 Å². The summed E-state index contributed by atoms with van der Waals surface area (Å²) >= 11 is 18.9. The Morgan fingerprint density at radius 3 is 2.13 bits per heavy atom. The van der Waals surface area contributed by atoms with E-state index in [1.807, 2.05) is 37.3 Å². The van der Waals surface area contributed by atoms with Gasteiger partial charge >= 0.3 is 0 Å². The average Bonchev–Trinajstić information content (AvgIpc) is 3.56. The number of aryl methyl sites for hydroxylation is 1. The molecule has 5 rings (SSSR count). The Balaban J connectivity index is 1.58. The summed E-state index contributed by atoms with van der Waals surface area (Å²) in [6, 6.07) is 26.1. The molecule has 2 amide bonds. The lowest BCUT2D eigenvalue weighted by Gasteiger charge is -2.34. The van der Waals surface area contributed by atoms with Gasteiger partial charge in [0.2, 0.25) is 11.8 Å². The quantitative estimate of drug-likeness (QED) is 0.162. The molecule has 0 bridgehead atoms. The maximum atomic E-state index is 14.6. The van der Waals surface area contributed by atoms with Gasteiger partial charge in [-0.3, -0.25) is 13.9 Å². The van der Waals surface area contributed by atoms with Crippen molar-refractivity contribution >= 4 is 62.3 Å². The number of hydrogen-bond acceptors (Lipinski definition) is 4. The van der Waals surface area contributed by atoms with E-state index in [0.717, 1.165) is 41.1 Å². The van der Waals surface area contributed by atoms with Crippen molar-refractivity contribution in [3.8, 4) is 0 Å². The molecule has 7 nitrogen and oxygen atoms in total. The van der Waals surface area contributed by atoms with E-state index in [2.05, 4.69) is 5.32 Å². The Bertz CT molecular complexity index is 1800. The molecule has 1 unspecified atom stereocenters. The fourth-order valence-corrected chi connectivity index (χ4v) is 7.74. The number of rotatable bonds is 12. The monoisotopic (exact) mass is 711 g/mol. The predicted molar refractivity (Wildman–Crippen MR) is 189 cm³/mol. The van der Waals surface area contributed by atoms with Gasteiger partial charge in [-0.2, -0.15) is 0 Å². The molecule has 0 saturated heterocycles. The number of nitrogens with one attached hydrogen (secondary N) is 1. The largest absolute Gasteiger partial charge is 0.352 e. The third-order valence-electron chi connectivity index (χ3n) is 8.33. The summed E-state index contributed by atoms with van der Waals surface area (Å²) in [5.41, 5.74) is 2.56. The lowest BCUT2D eigenvalue weighted by Crippen LogP contribution is -2.54. The Morgan fingerprint density at radius 1 is 0.851 bits per heavy atom. The van der Waals surface area contributed by atoms with E-state index in [4.69, 9.17) is 34.8 Å². The fraction of sp³-hybridized carbons (Fsp3) is 0.278. The van der Waals surface area contributed by atoms with E-state index in [0.29, 0.717) is 20.6 Å². The minimum Gasteiger partial charge on any atom is -0.352 e.